The fraction of sp³-hybridized carbons (Fsp3) is 0.200. The van der Waals surface area contributed by atoms with Crippen LogP contribution in [0.25, 0.3) is 11.1 Å². The second kappa shape index (κ2) is 8.82. The average molecular weight is 448 g/mol. The first-order valence-electron chi connectivity index (χ1n) is 10.4. The van der Waals surface area contributed by atoms with Crippen molar-refractivity contribution in [3.63, 3.8) is 0 Å². The van der Waals surface area contributed by atoms with E-state index in [1.165, 1.54) is 6.92 Å². The van der Waals surface area contributed by atoms with Crippen LogP contribution in [0.4, 0.5) is 14.9 Å². The Kier molecular flexibility index (Phi) is 5.91. The van der Waals surface area contributed by atoms with Crippen LogP contribution in [-0.2, 0) is 15.1 Å². The van der Waals surface area contributed by atoms with E-state index >= 15 is 0 Å². The van der Waals surface area contributed by atoms with Gasteiger partial charge < -0.3 is 14.8 Å². The number of nitro benzene ring substituents is 1. The summed E-state index contributed by atoms with van der Waals surface area (Å²) in [6.07, 6.45) is -0.635. The molecule has 0 aliphatic heterocycles. The molecule has 0 radical (unpaired) electrons. The predicted octanol–water partition coefficient (Wildman–Crippen LogP) is 5.08. The smallest absolute Gasteiger partial charge is 0.407 e. The van der Waals surface area contributed by atoms with Crippen LogP contribution in [0.2, 0.25) is 0 Å². The number of fused-ring (bicyclic) bond motifs is 3. The summed E-state index contributed by atoms with van der Waals surface area (Å²) in [7, 11) is 0. The topological polar surface area (TPSA) is 98.5 Å². The number of carbonyl (C=O) groups excluding carboxylic acids is 2. The molecule has 4 rings (SSSR count). The number of benzene rings is 3. The Bertz CT molecular complexity index is 1200. The maximum absolute atomic E-state index is 14.5. The molecule has 168 valence electrons. The monoisotopic (exact) mass is 448 g/mol. The second-order valence-electron chi connectivity index (χ2n) is 8.07. The van der Waals surface area contributed by atoms with Crippen LogP contribution in [0.1, 0.15) is 36.0 Å². The standard InChI is InChI=1S/C25H21FN2O5/c1-25(12-13-29,22-14-16(28(31)32)10-11-23(22)26)27-24(30)33-15-21-19-8-4-2-6-17(19)18-7-3-5-9-20(18)21/h2-11,13-14,21H,12,15H2,1H3,(H,27,30)/t25-/m0/s1. The first-order valence-corrected chi connectivity index (χ1v) is 10.4. The Balaban J connectivity index is 1.55. The quantitative estimate of drug-likeness (QED) is 0.309. The van der Waals surface area contributed by atoms with Crippen LogP contribution < -0.4 is 5.32 Å². The number of nitrogens with zero attached hydrogens (tertiary/aromatic N) is 1. The van der Waals surface area contributed by atoms with E-state index in [0.29, 0.717) is 6.29 Å². The van der Waals surface area contributed by atoms with Gasteiger partial charge in [-0.3, -0.25) is 10.1 Å². The molecule has 1 aliphatic rings. The lowest BCUT2D eigenvalue weighted by molar-refractivity contribution is -0.385. The molecule has 0 aromatic heterocycles. The fourth-order valence-corrected chi connectivity index (χ4v) is 4.30. The van der Waals surface area contributed by atoms with Gasteiger partial charge in [0.15, 0.2) is 0 Å². The van der Waals surface area contributed by atoms with Crippen molar-refractivity contribution in [1.82, 2.24) is 5.32 Å². The van der Waals surface area contributed by atoms with Crippen molar-refractivity contribution in [3.05, 3.63) is 99.4 Å². The third-order valence-corrected chi connectivity index (χ3v) is 5.97. The minimum atomic E-state index is -1.53. The maximum Gasteiger partial charge on any atom is 0.407 e. The van der Waals surface area contributed by atoms with Crippen LogP contribution in [0, 0.1) is 15.9 Å². The first kappa shape index (κ1) is 22.1. The Hall–Kier alpha value is -4.07. The number of ether oxygens (including phenoxy) is 1. The number of amides is 1. The van der Waals surface area contributed by atoms with E-state index in [4.69, 9.17) is 4.74 Å². The fourth-order valence-electron chi connectivity index (χ4n) is 4.30. The van der Waals surface area contributed by atoms with E-state index in [9.17, 15) is 24.1 Å². The van der Waals surface area contributed by atoms with Gasteiger partial charge in [-0.15, -0.1) is 0 Å². The number of nitrogens with one attached hydrogen (secondary N) is 1. The van der Waals surface area contributed by atoms with Crippen molar-refractivity contribution in [2.45, 2.75) is 24.8 Å². The Morgan fingerprint density at radius 3 is 2.30 bits per heavy atom. The lowest BCUT2D eigenvalue weighted by Gasteiger charge is -2.29. The minimum Gasteiger partial charge on any atom is -0.449 e. The molecular weight excluding hydrogens is 427 g/mol. The molecule has 0 heterocycles. The van der Waals surface area contributed by atoms with Gasteiger partial charge in [-0.2, -0.15) is 0 Å². The summed E-state index contributed by atoms with van der Waals surface area (Å²) >= 11 is 0. The number of non-ortho nitro benzene ring substituents is 1. The van der Waals surface area contributed by atoms with Gasteiger partial charge in [0.2, 0.25) is 0 Å². The summed E-state index contributed by atoms with van der Waals surface area (Å²) < 4.78 is 20.0. The highest BCUT2D eigenvalue weighted by Gasteiger charge is 2.34. The molecule has 0 fully saturated rings. The number of hydrogen-bond acceptors (Lipinski definition) is 5. The lowest BCUT2D eigenvalue weighted by atomic mass is 9.88. The van der Waals surface area contributed by atoms with Gasteiger partial charge in [-0.1, -0.05) is 48.5 Å². The molecular formula is C25H21FN2O5. The molecule has 3 aromatic rings. The van der Waals surface area contributed by atoms with E-state index < -0.39 is 22.4 Å². The molecule has 7 nitrogen and oxygen atoms in total. The number of hydrogen-bond donors (Lipinski definition) is 1. The molecule has 3 aromatic carbocycles. The van der Waals surface area contributed by atoms with E-state index in [0.717, 1.165) is 40.5 Å². The van der Waals surface area contributed by atoms with Gasteiger partial charge in [-0.25, -0.2) is 9.18 Å². The summed E-state index contributed by atoms with van der Waals surface area (Å²) in [6.45, 7) is 1.46. The van der Waals surface area contributed by atoms with Crippen molar-refractivity contribution in [1.29, 1.82) is 0 Å². The SMILES string of the molecule is C[C@@](CC=O)(NC(=O)OCC1c2ccccc2-c2ccccc21)c1cc([N+](=O)[O-])ccc1F. The maximum atomic E-state index is 14.5. The summed E-state index contributed by atoms with van der Waals surface area (Å²) in [6, 6.07) is 18.7. The number of rotatable bonds is 7. The van der Waals surface area contributed by atoms with Crippen LogP contribution in [-0.4, -0.2) is 23.9 Å². The van der Waals surface area contributed by atoms with Crippen molar-refractivity contribution < 1.29 is 23.6 Å². The molecule has 1 N–H and O–H groups in total. The van der Waals surface area contributed by atoms with Crippen molar-refractivity contribution in [2.75, 3.05) is 6.61 Å². The van der Waals surface area contributed by atoms with E-state index in [1.54, 1.807) is 0 Å². The highest BCUT2D eigenvalue weighted by Crippen LogP contribution is 2.44. The Morgan fingerprint density at radius 1 is 1.12 bits per heavy atom. The number of halogens is 1. The van der Waals surface area contributed by atoms with E-state index in [-0.39, 0.29) is 30.2 Å². The normalized spacial score (nSPS) is 14.0. The van der Waals surface area contributed by atoms with Crippen molar-refractivity contribution >= 4 is 18.1 Å². The van der Waals surface area contributed by atoms with Gasteiger partial charge >= 0.3 is 6.09 Å². The van der Waals surface area contributed by atoms with Gasteiger partial charge in [0.1, 0.15) is 18.7 Å². The molecule has 0 saturated heterocycles. The largest absolute Gasteiger partial charge is 0.449 e. The summed E-state index contributed by atoms with van der Waals surface area (Å²) in [5, 5.41) is 13.7. The second-order valence-corrected chi connectivity index (χ2v) is 8.07. The first-order chi connectivity index (χ1) is 15.8. The number of carbonyl (C=O) groups is 2. The third-order valence-electron chi connectivity index (χ3n) is 5.97. The molecule has 33 heavy (non-hydrogen) atoms. The number of alkyl carbamates (subject to hydrolysis) is 1. The molecule has 8 heteroatoms. The van der Waals surface area contributed by atoms with E-state index in [2.05, 4.69) is 5.32 Å². The molecule has 0 bridgehead atoms. The molecule has 1 aliphatic carbocycles. The lowest BCUT2D eigenvalue weighted by Crippen LogP contribution is -2.45. The predicted molar refractivity (Wildman–Crippen MR) is 119 cm³/mol. The van der Waals surface area contributed by atoms with Crippen molar-refractivity contribution in [2.24, 2.45) is 0 Å². The summed E-state index contributed by atoms with van der Waals surface area (Å²) in [5.74, 6) is -0.945. The zero-order valence-electron chi connectivity index (χ0n) is 17.8. The zero-order valence-corrected chi connectivity index (χ0v) is 17.8. The summed E-state index contributed by atoms with van der Waals surface area (Å²) in [5.41, 5.74) is 2.17. The number of nitro groups is 1. The highest BCUT2D eigenvalue weighted by atomic mass is 19.1. The Labute approximate surface area is 189 Å². The van der Waals surface area contributed by atoms with Gasteiger partial charge in [0.25, 0.3) is 5.69 Å². The van der Waals surface area contributed by atoms with Crippen LogP contribution >= 0.6 is 0 Å². The van der Waals surface area contributed by atoms with Gasteiger partial charge in [0.05, 0.1) is 10.5 Å². The van der Waals surface area contributed by atoms with Gasteiger partial charge in [-0.05, 0) is 35.2 Å². The molecule has 0 saturated carbocycles. The average Bonchev–Trinajstić information content (AvgIpc) is 3.11. The zero-order chi connectivity index (χ0) is 23.6. The molecule has 0 unspecified atom stereocenters. The van der Waals surface area contributed by atoms with E-state index in [1.807, 2.05) is 48.5 Å². The van der Waals surface area contributed by atoms with Crippen LogP contribution in [0.5, 0.6) is 0 Å². The highest BCUT2D eigenvalue weighted by molar-refractivity contribution is 5.79. The Morgan fingerprint density at radius 2 is 1.73 bits per heavy atom. The summed E-state index contributed by atoms with van der Waals surface area (Å²) in [4.78, 5) is 34.5. The van der Waals surface area contributed by atoms with Crippen LogP contribution in [0.15, 0.2) is 66.7 Å². The molecule has 1 amide bonds. The molecule has 1 atom stereocenters. The number of aldehydes is 1. The molecule has 0 spiro atoms. The minimum absolute atomic E-state index is 0.0362. The van der Waals surface area contributed by atoms with Crippen LogP contribution in [0.3, 0.4) is 0 Å². The van der Waals surface area contributed by atoms with Crippen molar-refractivity contribution in [3.8, 4) is 11.1 Å². The van der Waals surface area contributed by atoms with Gasteiger partial charge in [0, 0.05) is 30.0 Å². The third kappa shape index (κ3) is 4.19.